The zero-order valence-electron chi connectivity index (χ0n) is 19.0. The molecule has 0 bridgehead atoms. The van der Waals surface area contributed by atoms with Gasteiger partial charge in [-0.1, -0.05) is 54.6 Å². The Labute approximate surface area is 194 Å². The van der Waals surface area contributed by atoms with E-state index in [-0.39, 0.29) is 18.1 Å². The monoisotopic (exact) mass is 452 g/mol. The van der Waals surface area contributed by atoms with Crippen molar-refractivity contribution in [2.45, 2.75) is 38.8 Å². The van der Waals surface area contributed by atoms with Crippen LogP contribution in [0.1, 0.15) is 23.6 Å². The summed E-state index contributed by atoms with van der Waals surface area (Å²) >= 11 is 0. The van der Waals surface area contributed by atoms with Gasteiger partial charge < -0.3 is 14.2 Å². The van der Waals surface area contributed by atoms with E-state index in [1.807, 2.05) is 61.5 Å². The Morgan fingerprint density at radius 3 is 2.18 bits per heavy atom. The van der Waals surface area contributed by atoms with E-state index in [1.54, 1.807) is 13.2 Å². The summed E-state index contributed by atoms with van der Waals surface area (Å²) in [5.41, 5.74) is 2.45. The molecule has 3 unspecified atom stereocenters. The van der Waals surface area contributed by atoms with Crippen molar-refractivity contribution in [1.29, 1.82) is 0 Å². The van der Waals surface area contributed by atoms with Gasteiger partial charge in [-0.3, -0.25) is 0 Å². The fraction of sp³-hybridized carbons (Fsp3) is 0.286. The minimum atomic E-state index is -0.598. The molecule has 0 amide bonds. The average Bonchev–Trinajstić information content (AvgIpc) is 2.84. The summed E-state index contributed by atoms with van der Waals surface area (Å²) < 4.78 is 45.3. The Morgan fingerprint density at radius 1 is 0.879 bits per heavy atom. The fourth-order valence-electron chi connectivity index (χ4n) is 3.69. The van der Waals surface area contributed by atoms with Crippen molar-refractivity contribution in [2.75, 3.05) is 7.11 Å². The molecule has 0 N–H and O–H groups in total. The van der Waals surface area contributed by atoms with Gasteiger partial charge in [-0.05, 0) is 48.2 Å². The van der Waals surface area contributed by atoms with Gasteiger partial charge in [-0.2, -0.15) is 0 Å². The predicted molar refractivity (Wildman–Crippen MR) is 126 cm³/mol. The van der Waals surface area contributed by atoms with Gasteiger partial charge in [0, 0.05) is 12.0 Å². The van der Waals surface area contributed by atoms with E-state index in [1.165, 1.54) is 12.1 Å². The molecule has 3 aromatic rings. The number of halogens is 2. The standard InChI is InChI=1S/C28H30F2O3/c1-4-23(16-24-12-13-25(29)17-27(24)30)28(33-19-21-8-6-5-7-9-21)20(2)32-18-22-10-14-26(31-3)15-11-22/h4-15,17,20,23,28H,1,16,18-19H2,2-3H3. The summed E-state index contributed by atoms with van der Waals surface area (Å²) in [5.74, 6) is -0.626. The van der Waals surface area contributed by atoms with Crippen molar-refractivity contribution in [2.24, 2.45) is 5.92 Å². The van der Waals surface area contributed by atoms with Gasteiger partial charge in [-0.15, -0.1) is 6.58 Å². The molecule has 0 spiro atoms. The second-order valence-corrected chi connectivity index (χ2v) is 7.96. The minimum Gasteiger partial charge on any atom is -0.497 e. The van der Waals surface area contributed by atoms with Gasteiger partial charge in [0.2, 0.25) is 0 Å². The van der Waals surface area contributed by atoms with Crippen LogP contribution in [0.3, 0.4) is 0 Å². The van der Waals surface area contributed by atoms with Crippen molar-refractivity contribution in [3.8, 4) is 5.75 Å². The predicted octanol–water partition coefficient (Wildman–Crippen LogP) is 6.51. The lowest BCUT2D eigenvalue weighted by Crippen LogP contribution is -2.36. The summed E-state index contributed by atoms with van der Waals surface area (Å²) in [5, 5.41) is 0. The zero-order chi connectivity index (χ0) is 23.6. The van der Waals surface area contributed by atoms with Crippen LogP contribution in [0.5, 0.6) is 5.75 Å². The van der Waals surface area contributed by atoms with E-state index in [0.717, 1.165) is 22.9 Å². The molecule has 0 radical (unpaired) electrons. The maximum absolute atomic E-state index is 14.3. The first-order chi connectivity index (χ1) is 16.0. The molecular weight excluding hydrogens is 422 g/mol. The molecule has 3 aromatic carbocycles. The largest absolute Gasteiger partial charge is 0.497 e. The molecule has 0 saturated heterocycles. The number of ether oxygens (including phenoxy) is 3. The van der Waals surface area contributed by atoms with Crippen LogP contribution in [0, 0.1) is 17.6 Å². The molecule has 33 heavy (non-hydrogen) atoms. The topological polar surface area (TPSA) is 27.7 Å². The summed E-state index contributed by atoms with van der Waals surface area (Å²) in [6.45, 7) is 6.68. The van der Waals surface area contributed by atoms with Crippen molar-refractivity contribution in [3.63, 3.8) is 0 Å². The van der Waals surface area contributed by atoms with Crippen molar-refractivity contribution < 1.29 is 23.0 Å². The first-order valence-corrected chi connectivity index (χ1v) is 11.0. The summed E-state index contributed by atoms with van der Waals surface area (Å²) in [6.07, 6.45) is 1.39. The van der Waals surface area contributed by atoms with E-state index in [4.69, 9.17) is 14.2 Å². The second-order valence-electron chi connectivity index (χ2n) is 7.96. The molecule has 3 nitrogen and oxygen atoms in total. The van der Waals surface area contributed by atoms with Gasteiger partial charge in [0.25, 0.3) is 0 Å². The smallest absolute Gasteiger partial charge is 0.129 e. The third kappa shape index (κ3) is 7.24. The van der Waals surface area contributed by atoms with Gasteiger partial charge in [0.15, 0.2) is 0 Å². The lowest BCUT2D eigenvalue weighted by molar-refractivity contribution is -0.0943. The quantitative estimate of drug-likeness (QED) is 0.293. The van der Waals surface area contributed by atoms with E-state index in [0.29, 0.717) is 25.2 Å². The molecule has 3 rings (SSSR count). The Bertz CT molecular complexity index is 1010. The average molecular weight is 453 g/mol. The maximum Gasteiger partial charge on any atom is 0.129 e. The van der Waals surface area contributed by atoms with E-state index in [9.17, 15) is 8.78 Å². The number of hydrogen-bond donors (Lipinski definition) is 0. The number of rotatable bonds is 12. The molecule has 3 atom stereocenters. The lowest BCUT2D eigenvalue weighted by Gasteiger charge is -2.30. The van der Waals surface area contributed by atoms with Crippen LogP contribution >= 0.6 is 0 Å². The molecule has 5 heteroatoms. The third-order valence-corrected chi connectivity index (χ3v) is 5.62. The van der Waals surface area contributed by atoms with E-state index < -0.39 is 11.6 Å². The van der Waals surface area contributed by atoms with Crippen LogP contribution in [0.2, 0.25) is 0 Å². The van der Waals surface area contributed by atoms with Crippen molar-refractivity contribution in [1.82, 2.24) is 0 Å². The van der Waals surface area contributed by atoms with Crippen molar-refractivity contribution in [3.05, 3.63) is 114 Å². The first-order valence-electron chi connectivity index (χ1n) is 11.0. The van der Waals surface area contributed by atoms with Gasteiger partial charge in [0.1, 0.15) is 17.4 Å². The molecule has 0 saturated carbocycles. The fourth-order valence-corrected chi connectivity index (χ4v) is 3.69. The van der Waals surface area contributed by atoms with Crippen LogP contribution < -0.4 is 4.74 Å². The Hall–Kier alpha value is -3.02. The normalized spacial score (nSPS) is 13.8. The molecule has 0 aliphatic rings. The van der Waals surface area contributed by atoms with Crippen LogP contribution in [-0.2, 0) is 29.1 Å². The Kier molecular flexibility index (Phi) is 9.16. The van der Waals surface area contributed by atoms with Crippen LogP contribution in [0.15, 0.2) is 85.5 Å². The third-order valence-electron chi connectivity index (χ3n) is 5.62. The number of hydrogen-bond acceptors (Lipinski definition) is 3. The van der Waals surface area contributed by atoms with Crippen LogP contribution in [0.4, 0.5) is 8.78 Å². The van der Waals surface area contributed by atoms with E-state index in [2.05, 4.69) is 6.58 Å². The highest BCUT2D eigenvalue weighted by Gasteiger charge is 2.28. The highest BCUT2D eigenvalue weighted by atomic mass is 19.1. The summed E-state index contributed by atoms with van der Waals surface area (Å²) in [7, 11) is 1.63. The Morgan fingerprint density at radius 2 is 1.55 bits per heavy atom. The lowest BCUT2D eigenvalue weighted by atomic mass is 9.90. The molecule has 0 aliphatic carbocycles. The molecule has 174 valence electrons. The van der Waals surface area contributed by atoms with Crippen LogP contribution in [0.25, 0.3) is 0 Å². The highest BCUT2D eigenvalue weighted by molar-refractivity contribution is 5.26. The maximum atomic E-state index is 14.3. The number of benzene rings is 3. The van der Waals surface area contributed by atoms with Crippen LogP contribution in [-0.4, -0.2) is 19.3 Å². The molecule has 0 aliphatic heterocycles. The molecule has 0 heterocycles. The van der Waals surface area contributed by atoms with Crippen molar-refractivity contribution >= 4 is 0 Å². The molecular formula is C28H30F2O3. The summed E-state index contributed by atoms with van der Waals surface area (Å²) in [4.78, 5) is 0. The summed E-state index contributed by atoms with van der Waals surface area (Å²) in [6, 6.07) is 21.1. The minimum absolute atomic E-state index is 0.237. The van der Waals surface area contributed by atoms with E-state index >= 15 is 0 Å². The molecule has 0 aromatic heterocycles. The SMILES string of the molecule is C=CC(Cc1ccc(F)cc1F)C(OCc1ccccc1)C(C)OCc1ccc(OC)cc1. The first kappa shape index (κ1) is 24.6. The second kappa shape index (κ2) is 12.3. The zero-order valence-corrected chi connectivity index (χ0v) is 19.0. The number of methoxy groups -OCH3 is 1. The highest BCUT2D eigenvalue weighted by Crippen LogP contribution is 2.25. The Balaban J connectivity index is 1.74. The molecule has 0 fully saturated rings. The van der Waals surface area contributed by atoms with Gasteiger partial charge >= 0.3 is 0 Å². The van der Waals surface area contributed by atoms with Gasteiger partial charge in [0.05, 0.1) is 32.5 Å². The van der Waals surface area contributed by atoms with Gasteiger partial charge in [-0.25, -0.2) is 8.78 Å².